The lowest BCUT2D eigenvalue weighted by Gasteiger charge is -2.22. The molecule has 0 N–H and O–H groups in total. The van der Waals surface area contributed by atoms with Crippen molar-refractivity contribution in [3.63, 3.8) is 0 Å². The Morgan fingerprint density at radius 1 is 0.356 bits per heavy atom. The van der Waals surface area contributed by atoms with E-state index >= 15 is 0 Å². The van der Waals surface area contributed by atoms with Crippen LogP contribution in [-0.4, -0.2) is 9.97 Å². The molecular formula is C43H32N2. The summed E-state index contributed by atoms with van der Waals surface area (Å²) >= 11 is 0. The van der Waals surface area contributed by atoms with E-state index in [0.29, 0.717) is 0 Å². The molecule has 0 radical (unpaired) electrons. The van der Waals surface area contributed by atoms with Crippen LogP contribution in [-0.2, 0) is 5.41 Å². The van der Waals surface area contributed by atoms with Crippen LogP contribution in [0.1, 0.15) is 25.0 Å². The molecule has 0 saturated carbocycles. The normalized spacial score (nSPS) is 12.8. The Bertz CT molecular complexity index is 2110. The number of fused-ring (bicyclic) bond motifs is 3. The molecule has 2 heteroatoms. The average Bonchev–Trinajstić information content (AvgIpc) is 3.34. The molecular weight excluding hydrogens is 544 g/mol. The minimum absolute atomic E-state index is 0.0658. The van der Waals surface area contributed by atoms with Crippen molar-refractivity contribution < 1.29 is 0 Å². The third kappa shape index (κ3) is 4.85. The first-order chi connectivity index (χ1) is 22.0. The predicted octanol–water partition coefficient (Wildman–Crippen LogP) is 11.1. The summed E-state index contributed by atoms with van der Waals surface area (Å²) in [7, 11) is 0. The minimum Gasteiger partial charge on any atom is -0.228 e. The van der Waals surface area contributed by atoms with Gasteiger partial charge in [-0.2, -0.15) is 0 Å². The van der Waals surface area contributed by atoms with Gasteiger partial charge >= 0.3 is 0 Å². The van der Waals surface area contributed by atoms with Gasteiger partial charge in [-0.15, -0.1) is 0 Å². The molecule has 1 aromatic heterocycles. The van der Waals surface area contributed by atoms with Crippen molar-refractivity contribution >= 4 is 0 Å². The van der Waals surface area contributed by atoms with E-state index in [1.807, 2.05) is 24.3 Å². The lowest BCUT2D eigenvalue weighted by atomic mass is 9.81. The van der Waals surface area contributed by atoms with E-state index in [4.69, 9.17) is 9.97 Å². The van der Waals surface area contributed by atoms with E-state index in [0.717, 1.165) is 39.5 Å². The van der Waals surface area contributed by atoms with Gasteiger partial charge in [0.1, 0.15) is 0 Å². The first-order valence-corrected chi connectivity index (χ1v) is 15.5. The summed E-state index contributed by atoms with van der Waals surface area (Å²) in [6.45, 7) is 4.68. The van der Waals surface area contributed by atoms with Gasteiger partial charge in [-0.3, -0.25) is 0 Å². The monoisotopic (exact) mass is 576 g/mol. The smallest absolute Gasteiger partial charge is 0.160 e. The lowest BCUT2D eigenvalue weighted by molar-refractivity contribution is 0.660. The second-order valence-corrected chi connectivity index (χ2v) is 12.3. The topological polar surface area (TPSA) is 25.8 Å². The summed E-state index contributed by atoms with van der Waals surface area (Å²) < 4.78 is 0. The second-order valence-electron chi connectivity index (χ2n) is 12.3. The highest BCUT2D eigenvalue weighted by Gasteiger charge is 2.35. The molecule has 0 atom stereocenters. The van der Waals surface area contributed by atoms with Gasteiger partial charge in [0, 0.05) is 22.1 Å². The van der Waals surface area contributed by atoms with Crippen molar-refractivity contribution in [1.29, 1.82) is 0 Å². The van der Waals surface area contributed by atoms with Crippen molar-refractivity contribution in [3.8, 4) is 67.3 Å². The molecule has 1 aliphatic rings. The van der Waals surface area contributed by atoms with E-state index in [-0.39, 0.29) is 5.41 Å². The van der Waals surface area contributed by atoms with Crippen molar-refractivity contribution in [1.82, 2.24) is 9.97 Å². The van der Waals surface area contributed by atoms with Gasteiger partial charge in [-0.05, 0) is 74.8 Å². The second kappa shape index (κ2) is 10.8. The Hall–Kier alpha value is -5.60. The Labute approximate surface area is 264 Å². The van der Waals surface area contributed by atoms with Gasteiger partial charge in [0.05, 0.1) is 11.4 Å². The summed E-state index contributed by atoms with van der Waals surface area (Å²) in [6, 6.07) is 56.0. The number of hydrogen-bond donors (Lipinski definition) is 0. The molecule has 6 aromatic carbocycles. The highest BCUT2D eigenvalue weighted by molar-refractivity contribution is 5.86. The quantitative estimate of drug-likeness (QED) is 0.204. The molecule has 0 fully saturated rings. The van der Waals surface area contributed by atoms with Crippen molar-refractivity contribution in [2.45, 2.75) is 19.3 Å². The van der Waals surface area contributed by atoms with Crippen LogP contribution in [0.2, 0.25) is 0 Å². The van der Waals surface area contributed by atoms with Crippen molar-refractivity contribution in [2.24, 2.45) is 0 Å². The Morgan fingerprint density at radius 2 is 0.867 bits per heavy atom. The maximum absolute atomic E-state index is 5.17. The molecule has 1 heterocycles. The maximum atomic E-state index is 5.17. The standard InChI is InChI=1S/C43H32N2/c1-43(2)38-21-13-12-20-36(38)37-23-22-32(27-39(37)43)34-24-33(29-14-6-3-7-15-29)25-35(26-34)41-28-40(30-16-8-4-9-17-30)44-42(45-41)31-18-10-5-11-19-31/h3-28H,1-2H3. The molecule has 0 aliphatic heterocycles. The zero-order valence-electron chi connectivity index (χ0n) is 25.4. The molecule has 0 bridgehead atoms. The first kappa shape index (κ1) is 27.0. The van der Waals surface area contributed by atoms with Gasteiger partial charge in [-0.1, -0.05) is 141 Å². The number of rotatable bonds is 5. The molecule has 0 unspecified atom stereocenters. The molecule has 8 rings (SSSR count). The van der Waals surface area contributed by atoms with Crippen LogP contribution < -0.4 is 0 Å². The van der Waals surface area contributed by atoms with Crippen molar-refractivity contribution in [3.05, 3.63) is 169 Å². The zero-order valence-corrected chi connectivity index (χ0v) is 25.4. The average molecular weight is 577 g/mol. The van der Waals surface area contributed by atoms with E-state index in [1.165, 1.54) is 38.9 Å². The van der Waals surface area contributed by atoms with Crippen LogP contribution in [0.15, 0.2) is 158 Å². The molecule has 0 amide bonds. The van der Waals surface area contributed by atoms with Crippen molar-refractivity contribution in [2.75, 3.05) is 0 Å². The molecule has 1 aliphatic carbocycles. The predicted molar refractivity (Wildman–Crippen MR) is 187 cm³/mol. The summed E-state index contributed by atoms with van der Waals surface area (Å²) in [4.78, 5) is 10.2. The highest BCUT2D eigenvalue weighted by Crippen LogP contribution is 2.49. The molecule has 0 saturated heterocycles. The summed E-state index contributed by atoms with van der Waals surface area (Å²) in [5, 5.41) is 0. The van der Waals surface area contributed by atoms with Crippen LogP contribution in [0, 0.1) is 0 Å². The molecule has 7 aromatic rings. The fourth-order valence-corrected chi connectivity index (χ4v) is 6.69. The molecule has 214 valence electrons. The number of nitrogens with zero attached hydrogens (tertiary/aromatic N) is 2. The van der Waals surface area contributed by atoms with Gasteiger partial charge in [0.2, 0.25) is 0 Å². The van der Waals surface area contributed by atoms with E-state index in [9.17, 15) is 0 Å². The van der Waals surface area contributed by atoms with Gasteiger partial charge in [-0.25, -0.2) is 9.97 Å². The molecule has 2 nitrogen and oxygen atoms in total. The van der Waals surface area contributed by atoms with Gasteiger partial charge in [0.15, 0.2) is 5.82 Å². The van der Waals surface area contributed by atoms with Gasteiger partial charge in [0.25, 0.3) is 0 Å². The van der Waals surface area contributed by atoms with E-state index in [1.54, 1.807) is 0 Å². The van der Waals surface area contributed by atoms with E-state index in [2.05, 4.69) is 147 Å². The Morgan fingerprint density at radius 3 is 1.56 bits per heavy atom. The lowest BCUT2D eigenvalue weighted by Crippen LogP contribution is -2.14. The van der Waals surface area contributed by atoms with Crippen LogP contribution in [0.25, 0.3) is 67.3 Å². The number of aromatic nitrogens is 2. The number of benzene rings is 6. The fraction of sp³-hybridized carbons (Fsp3) is 0.0698. The van der Waals surface area contributed by atoms with Crippen LogP contribution in [0.4, 0.5) is 0 Å². The first-order valence-electron chi connectivity index (χ1n) is 15.5. The Kier molecular flexibility index (Phi) is 6.50. The third-order valence-electron chi connectivity index (χ3n) is 9.08. The van der Waals surface area contributed by atoms with E-state index < -0.39 is 0 Å². The minimum atomic E-state index is -0.0658. The Balaban J connectivity index is 1.33. The van der Waals surface area contributed by atoms with Crippen LogP contribution in [0.3, 0.4) is 0 Å². The van der Waals surface area contributed by atoms with Gasteiger partial charge < -0.3 is 0 Å². The molecule has 45 heavy (non-hydrogen) atoms. The van der Waals surface area contributed by atoms with Crippen LogP contribution in [0.5, 0.6) is 0 Å². The number of hydrogen-bond acceptors (Lipinski definition) is 2. The SMILES string of the molecule is CC1(C)c2ccccc2-c2ccc(-c3cc(-c4ccccc4)cc(-c4cc(-c5ccccc5)nc(-c5ccccc5)n4)c3)cc21. The van der Waals surface area contributed by atoms with Crippen LogP contribution >= 0.6 is 0 Å². The summed E-state index contributed by atoms with van der Waals surface area (Å²) in [5.74, 6) is 0.718. The highest BCUT2D eigenvalue weighted by atomic mass is 14.9. The fourth-order valence-electron chi connectivity index (χ4n) is 6.69. The summed E-state index contributed by atoms with van der Waals surface area (Å²) in [5.41, 5.74) is 15.0. The third-order valence-corrected chi connectivity index (χ3v) is 9.08. The maximum Gasteiger partial charge on any atom is 0.160 e. The summed E-state index contributed by atoms with van der Waals surface area (Å²) in [6.07, 6.45) is 0. The zero-order chi connectivity index (χ0) is 30.4. The largest absolute Gasteiger partial charge is 0.228 e. The molecule has 0 spiro atoms.